The van der Waals surface area contributed by atoms with Crippen LogP contribution in [0.15, 0.2) is 24.3 Å². The third-order valence-electron chi connectivity index (χ3n) is 5.28. The fraction of sp³-hybridized carbons (Fsp3) is 0.684. The van der Waals surface area contributed by atoms with Crippen molar-refractivity contribution in [3.8, 4) is 0 Å². The largest absolute Gasteiger partial charge is 0.330 e. The summed E-state index contributed by atoms with van der Waals surface area (Å²) in [5, 5.41) is 0. The van der Waals surface area contributed by atoms with Gasteiger partial charge in [-0.05, 0) is 54.2 Å². The standard InChI is InChI=1S/C19H31N/c1-4-16-6-5-11-19(12-16,14-20)13-17-7-9-18(10-8-17)15(2)3/h7-10,15-16H,4-6,11-14,20H2,1-3H3. The van der Waals surface area contributed by atoms with Crippen molar-refractivity contribution in [1.29, 1.82) is 0 Å². The summed E-state index contributed by atoms with van der Waals surface area (Å²) in [6, 6.07) is 9.24. The van der Waals surface area contributed by atoms with Crippen molar-refractivity contribution in [2.75, 3.05) is 6.54 Å². The molecule has 0 amide bonds. The molecule has 1 nitrogen and oxygen atoms in total. The molecule has 2 atom stereocenters. The average molecular weight is 273 g/mol. The van der Waals surface area contributed by atoms with E-state index >= 15 is 0 Å². The summed E-state index contributed by atoms with van der Waals surface area (Å²) in [7, 11) is 0. The number of benzene rings is 1. The molecule has 0 aromatic heterocycles. The van der Waals surface area contributed by atoms with Gasteiger partial charge in [0.05, 0.1) is 0 Å². The zero-order chi connectivity index (χ0) is 14.6. The van der Waals surface area contributed by atoms with E-state index in [9.17, 15) is 0 Å². The van der Waals surface area contributed by atoms with Crippen molar-refractivity contribution in [3.05, 3.63) is 35.4 Å². The fourth-order valence-corrected chi connectivity index (χ4v) is 3.80. The molecular weight excluding hydrogens is 242 g/mol. The molecule has 1 aromatic rings. The second-order valence-corrected chi connectivity index (χ2v) is 7.15. The Kier molecular flexibility index (Phi) is 5.26. The minimum atomic E-state index is 0.359. The van der Waals surface area contributed by atoms with Crippen molar-refractivity contribution < 1.29 is 0 Å². The lowest BCUT2D eigenvalue weighted by Gasteiger charge is -2.40. The lowest BCUT2D eigenvalue weighted by atomic mass is 9.66. The highest BCUT2D eigenvalue weighted by Gasteiger charge is 2.34. The van der Waals surface area contributed by atoms with Gasteiger partial charge >= 0.3 is 0 Å². The molecule has 2 unspecified atom stereocenters. The molecule has 20 heavy (non-hydrogen) atoms. The molecule has 2 N–H and O–H groups in total. The molecule has 1 saturated carbocycles. The Balaban J connectivity index is 2.09. The Labute approximate surface area is 125 Å². The summed E-state index contributed by atoms with van der Waals surface area (Å²) in [6.45, 7) is 7.68. The fourth-order valence-electron chi connectivity index (χ4n) is 3.80. The summed E-state index contributed by atoms with van der Waals surface area (Å²) in [5.41, 5.74) is 9.45. The molecule has 1 heteroatoms. The van der Waals surface area contributed by atoms with Gasteiger partial charge in [-0.1, -0.05) is 64.3 Å². The lowest BCUT2D eigenvalue weighted by Crippen LogP contribution is -2.37. The second-order valence-electron chi connectivity index (χ2n) is 7.15. The third-order valence-corrected chi connectivity index (χ3v) is 5.28. The van der Waals surface area contributed by atoms with Gasteiger partial charge in [-0.3, -0.25) is 0 Å². The minimum Gasteiger partial charge on any atom is -0.330 e. The topological polar surface area (TPSA) is 26.0 Å². The van der Waals surface area contributed by atoms with Crippen molar-refractivity contribution in [1.82, 2.24) is 0 Å². The molecule has 0 saturated heterocycles. The van der Waals surface area contributed by atoms with E-state index in [0.717, 1.165) is 12.5 Å². The first-order chi connectivity index (χ1) is 9.58. The smallest absolute Gasteiger partial charge is 0.00172 e. The van der Waals surface area contributed by atoms with Gasteiger partial charge in [0.2, 0.25) is 0 Å². The summed E-state index contributed by atoms with van der Waals surface area (Å²) < 4.78 is 0. The van der Waals surface area contributed by atoms with Gasteiger partial charge in [0.25, 0.3) is 0 Å². The van der Waals surface area contributed by atoms with Crippen LogP contribution in [0, 0.1) is 11.3 Å². The monoisotopic (exact) mass is 273 g/mol. The molecule has 0 aliphatic heterocycles. The Morgan fingerprint density at radius 3 is 2.50 bits per heavy atom. The molecule has 2 rings (SSSR count). The first-order valence-corrected chi connectivity index (χ1v) is 8.37. The maximum atomic E-state index is 6.18. The van der Waals surface area contributed by atoms with Gasteiger partial charge in [-0.25, -0.2) is 0 Å². The van der Waals surface area contributed by atoms with E-state index in [-0.39, 0.29) is 0 Å². The van der Waals surface area contributed by atoms with Crippen LogP contribution in [0.3, 0.4) is 0 Å². The van der Waals surface area contributed by atoms with Crippen molar-refractivity contribution in [2.45, 2.75) is 65.2 Å². The molecular formula is C19H31N. The van der Waals surface area contributed by atoms with Crippen LogP contribution in [-0.4, -0.2) is 6.54 Å². The first-order valence-electron chi connectivity index (χ1n) is 8.37. The normalized spacial score (nSPS) is 26.9. The number of rotatable bonds is 5. The van der Waals surface area contributed by atoms with Crippen LogP contribution in [0.2, 0.25) is 0 Å². The summed E-state index contributed by atoms with van der Waals surface area (Å²) in [4.78, 5) is 0. The highest BCUT2D eigenvalue weighted by Crippen LogP contribution is 2.42. The van der Waals surface area contributed by atoms with Crippen molar-refractivity contribution in [3.63, 3.8) is 0 Å². The number of nitrogens with two attached hydrogens (primary N) is 1. The van der Waals surface area contributed by atoms with Gasteiger partial charge in [-0.15, -0.1) is 0 Å². The lowest BCUT2D eigenvalue weighted by molar-refractivity contribution is 0.142. The minimum absolute atomic E-state index is 0.359. The summed E-state index contributed by atoms with van der Waals surface area (Å²) >= 11 is 0. The first kappa shape index (κ1) is 15.6. The number of hydrogen-bond donors (Lipinski definition) is 1. The van der Waals surface area contributed by atoms with Gasteiger partial charge in [0.15, 0.2) is 0 Å². The summed E-state index contributed by atoms with van der Waals surface area (Å²) in [5.74, 6) is 1.51. The van der Waals surface area contributed by atoms with Gasteiger partial charge in [-0.2, -0.15) is 0 Å². The molecule has 112 valence electrons. The van der Waals surface area contributed by atoms with Crippen LogP contribution in [0.4, 0.5) is 0 Å². The van der Waals surface area contributed by atoms with E-state index in [1.54, 1.807) is 0 Å². The van der Waals surface area contributed by atoms with E-state index in [0.29, 0.717) is 11.3 Å². The molecule has 1 aromatic carbocycles. The maximum absolute atomic E-state index is 6.18. The Bertz CT molecular complexity index is 406. The van der Waals surface area contributed by atoms with Crippen molar-refractivity contribution in [2.24, 2.45) is 17.1 Å². The second kappa shape index (κ2) is 6.76. The molecule has 0 radical (unpaired) electrons. The van der Waals surface area contributed by atoms with Gasteiger partial charge in [0, 0.05) is 0 Å². The molecule has 0 spiro atoms. The van der Waals surface area contributed by atoms with E-state index in [1.165, 1.54) is 49.7 Å². The third kappa shape index (κ3) is 3.63. The van der Waals surface area contributed by atoms with E-state index < -0.39 is 0 Å². The van der Waals surface area contributed by atoms with Gasteiger partial charge in [0.1, 0.15) is 0 Å². The Morgan fingerprint density at radius 1 is 1.25 bits per heavy atom. The highest BCUT2D eigenvalue weighted by molar-refractivity contribution is 5.25. The zero-order valence-corrected chi connectivity index (χ0v) is 13.5. The summed E-state index contributed by atoms with van der Waals surface area (Å²) in [6.07, 6.45) is 7.88. The molecule has 1 aliphatic carbocycles. The average Bonchev–Trinajstić information content (AvgIpc) is 2.48. The van der Waals surface area contributed by atoms with E-state index in [4.69, 9.17) is 5.73 Å². The van der Waals surface area contributed by atoms with Crippen LogP contribution in [0.25, 0.3) is 0 Å². The molecule has 1 aliphatic rings. The maximum Gasteiger partial charge on any atom is -0.00172 e. The van der Waals surface area contributed by atoms with Crippen LogP contribution in [0.5, 0.6) is 0 Å². The predicted octanol–water partition coefficient (Wildman–Crippen LogP) is 4.90. The molecule has 1 fully saturated rings. The van der Waals surface area contributed by atoms with Gasteiger partial charge < -0.3 is 5.73 Å². The van der Waals surface area contributed by atoms with Crippen LogP contribution in [0.1, 0.15) is 69.9 Å². The number of hydrogen-bond acceptors (Lipinski definition) is 1. The van der Waals surface area contributed by atoms with Crippen LogP contribution >= 0.6 is 0 Å². The van der Waals surface area contributed by atoms with Crippen molar-refractivity contribution >= 4 is 0 Å². The SMILES string of the molecule is CCC1CCCC(CN)(Cc2ccc(C(C)C)cc2)C1. The van der Waals surface area contributed by atoms with E-state index in [1.807, 2.05) is 0 Å². The van der Waals surface area contributed by atoms with Crippen LogP contribution in [-0.2, 0) is 6.42 Å². The zero-order valence-electron chi connectivity index (χ0n) is 13.5. The Morgan fingerprint density at radius 2 is 1.95 bits per heavy atom. The predicted molar refractivity (Wildman–Crippen MR) is 88.0 cm³/mol. The van der Waals surface area contributed by atoms with Crippen LogP contribution < -0.4 is 5.73 Å². The quantitative estimate of drug-likeness (QED) is 0.811. The molecule has 0 heterocycles. The Hall–Kier alpha value is -0.820. The highest BCUT2D eigenvalue weighted by atomic mass is 14.6. The van der Waals surface area contributed by atoms with E-state index in [2.05, 4.69) is 45.0 Å². The molecule has 0 bridgehead atoms.